The third-order valence-electron chi connectivity index (χ3n) is 6.34. The predicted octanol–water partition coefficient (Wildman–Crippen LogP) is 4.34. The molecular formula is C25H32N4O4. The SMILES string of the molecule is CCCOc1cccc(C(=O)N2CCN(c3ccc([N+](=O)[O-])c(N4CCCCC4)c3)CC2)c1. The van der Waals surface area contributed by atoms with E-state index in [0.29, 0.717) is 44.0 Å². The normalized spacial score (nSPS) is 16.6. The largest absolute Gasteiger partial charge is 0.494 e. The van der Waals surface area contributed by atoms with Crippen LogP contribution in [0.4, 0.5) is 17.1 Å². The monoisotopic (exact) mass is 452 g/mol. The van der Waals surface area contributed by atoms with Gasteiger partial charge in [0, 0.05) is 56.6 Å². The summed E-state index contributed by atoms with van der Waals surface area (Å²) in [6.45, 7) is 6.98. The third kappa shape index (κ3) is 5.38. The van der Waals surface area contributed by atoms with E-state index in [1.807, 2.05) is 41.3 Å². The average molecular weight is 453 g/mol. The van der Waals surface area contributed by atoms with Crippen molar-refractivity contribution in [2.24, 2.45) is 0 Å². The lowest BCUT2D eigenvalue weighted by molar-refractivity contribution is -0.384. The first kappa shape index (κ1) is 22.9. The molecule has 2 aliphatic heterocycles. The molecule has 0 radical (unpaired) electrons. The molecule has 8 nitrogen and oxygen atoms in total. The number of rotatable bonds is 7. The second kappa shape index (κ2) is 10.6. The van der Waals surface area contributed by atoms with Crippen LogP contribution in [0.3, 0.4) is 0 Å². The van der Waals surface area contributed by atoms with Gasteiger partial charge in [-0.05, 0) is 56.0 Å². The van der Waals surface area contributed by atoms with E-state index in [9.17, 15) is 14.9 Å². The summed E-state index contributed by atoms with van der Waals surface area (Å²) in [4.78, 5) is 30.5. The summed E-state index contributed by atoms with van der Waals surface area (Å²) in [6, 6.07) is 12.8. The Kier molecular flexibility index (Phi) is 7.32. The topological polar surface area (TPSA) is 79.2 Å². The number of nitro groups is 1. The van der Waals surface area contributed by atoms with Crippen LogP contribution in [-0.2, 0) is 0 Å². The first-order valence-corrected chi connectivity index (χ1v) is 11.9. The Labute approximate surface area is 194 Å². The maximum absolute atomic E-state index is 13.0. The lowest BCUT2D eigenvalue weighted by Crippen LogP contribution is -2.48. The van der Waals surface area contributed by atoms with Crippen molar-refractivity contribution in [3.63, 3.8) is 0 Å². The van der Waals surface area contributed by atoms with E-state index in [1.54, 1.807) is 6.07 Å². The molecule has 0 aromatic heterocycles. The molecule has 4 rings (SSSR count). The van der Waals surface area contributed by atoms with Gasteiger partial charge >= 0.3 is 0 Å². The van der Waals surface area contributed by atoms with Gasteiger partial charge in [-0.3, -0.25) is 14.9 Å². The fourth-order valence-electron chi connectivity index (χ4n) is 4.54. The number of carbonyl (C=O) groups is 1. The predicted molar refractivity (Wildman–Crippen MR) is 130 cm³/mol. The third-order valence-corrected chi connectivity index (χ3v) is 6.34. The molecule has 2 aliphatic rings. The van der Waals surface area contributed by atoms with Crippen molar-refractivity contribution < 1.29 is 14.5 Å². The van der Waals surface area contributed by atoms with Gasteiger partial charge in [-0.25, -0.2) is 0 Å². The Morgan fingerprint density at radius 2 is 1.73 bits per heavy atom. The zero-order chi connectivity index (χ0) is 23.2. The van der Waals surface area contributed by atoms with Crippen LogP contribution < -0.4 is 14.5 Å². The van der Waals surface area contributed by atoms with Gasteiger partial charge in [0.1, 0.15) is 11.4 Å². The molecule has 2 aromatic carbocycles. The quantitative estimate of drug-likeness (QED) is 0.459. The molecule has 2 aromatic rings. The van der Waals surface area contributed by atoms with Crippen LogP contribution in [-0.4, -0.2) is 61.6 Å². The van der Waals surface area contributed by atoms with Gasteiger partial charge in [0.05, 0.1) is 11.5 Å². The summed E-state index contributed by atoms with van der Waals surface area (Å²) < 4.78 is 5.66. The lowest BCUT2D eigenvalue weighted by atomic mass is 10.1. The molecule has 0 aliphatic carbocycles. The fourth-order valence-corrected chi connectivity index (χ4v) is 4.54. The molecule has 0 atom stereocenters. The summed E-state index contributed by atoms with van der Waals surface area (Å²) in [5.74, 6) is 0.728. The highest BCUT2D eigenvalue weighted by Gasteiger charge is 2.26. The van der Waals surface area contributed by atoms with E-state index >= 15 is 0 Å². The van der Waals surface area contributed by atoms with Crippen LogP contribution in [0.25, 0.3) is 0 Å². The van der Waals surface area contributed by atoms with Crippen LogP contribution in [0.2, 0.25) is 0 Å². The number of piperidine rings is 1. The van der Waals surface area contributed by atoms with E-state index in [4.69, 9.17) is 4.74 Å². The number of piperazine rings is 1. The maximum Gasteiger partial charge on any atom is 0.292 e. The number of benzene rings is 2. The summed E-state index contributed by atoms with van der Waals surface area (Å²) in [5, 5.41) is 11.6. The number of hydrogen-bond donors (Lipinski definition) is 0. The van der Waals surface area contributed by atoms with Crippen molar-refractivity contribution in [3.05, 3.63) is 58.1 Å². The van der Waals surface area contributed by atoms with Crippen molar-refractivity contribution in [2.45, 2.75) is 32.6 Å². The van der Waals surface area contributed by atoms with Crippen molar-refractivity contribution in [1.29, 1.82) is 0 Å². The van der Waals surface area contributed by atoms with Crippen LogP contribution in [0, 0.1) is 10.1 Å². The molecular weight excluding hydrogens is 420 g/mol. The highest BCUT2D eigenvalue weighted by Crippen LogP contribution is 2.34. The molecule has 0 bridgehead atoms. The molecule has 33 heavy (non-hydrogen) atoms. The second-order valence-electron chi connectivity index (χ2n) is 8.63. The van der Waals surface area contributed by atoms with E-state index in [2.05, 4.69) is 16.7 Å². The number of nitro benzene ring substituents is 1. The molecule has 176 valence electrons. The number of nitrogens with zero attached hydrogens (tertiary/aromatic N) is 4. The Morgan fingerprint density at radius 3 is 2.42 bits per heavy atom. The molecule has 0 unspecified atom stereocenters. The number of carbonyl (C=O) groups excluding carboxylic acids is 1. The van der Waals surface area contributed by atoms with Crippen molar-refractivity contribution in [2.75, 3.05) is 55.7 Å². The van der Waals surface area contributed by atoms with E-state index in [1.165, 1.54) is 6.42 Å². The van der Waals surface area contributed by atoms with Crippen LogP contribution in [0.15, 0.2) is 42.5 Å². The molecule has 0 N–H and O–H groups in total. The molecule has 1 amide bonds. The highest BCUT2D eigenvalue weighted by atomic mass is 16.6. The number of hydrogen-bond acceptors (Lipinski definition) is 6. The minimum atomic E-state index is -0.289. The minimum absolute atomic E-state index is 0.00861. The molecule has 2 heterocycles. The van der Waals surface area contributed by atoms with Gasteiger partial charge in [0.2, 0.25) is 0 Å². The summed E-state index contributed by atoms with van der Waals surface area (Å²) >= 11 is 0. The van der Waals surface area contributed by atoms with Crippen molar-refractivity contribution in [3.8, 4) is 5.75 Å². The maximum atomic E-state index is 13.0. The number of anilines is 2. The van der Waals surface area contributed by atoms with Gasteiger partial charge < -0.3 is 19.4 Å². The van der Waals surface area contributed by atoms with Gasteiger partial charge in [0.15, 0.2) is 0 Å². The highest BCUT2D eigenvalue weighted by molar-refractivity contribution is 5.94. The lowest BCUT2D eigenvalue weighted by Gasteiger charge is -2.37. The number of amides is 1. The first-order chi connectivity index (χ1) is 16.1. The Balaban J connectivity index is 1.43. The second-order valence-corrected chi connectivity index (χ2v) is 8.63. The number of ether oxygens (including phenoxy) is 1. The van der Waals surface area contributed by atoms with Crippen molar-refractivity contribution >= 4 is 23.0 Å². The van der Waals surface area contributed by atoms with E-state index < -0.39 is 0 Å². The standard InChI is InChI=1S/C25H32N4O4/c1-2-17-33-22-8-6-7-20(18-22)25(30)28-15-13-26(14-16-28)21-9-10-23(29(31)32)24(19-21)27-11-4-3-5-12-27/h6-10,18-19H,2-5,11-17H2,1H3. The molecule has 2 fully saturated rings. The Hall–Kier alpha value is -3.29. The van der Waals surface area contributed by atoms with Crippen LogP contribution in [0.5, 0.6) is 5.75 Å². The molecule has 0 saturated carbocycles. The van der Waals surface area contributed by atoms with Gasteiger partial charge in [-0.1, -0.05) is 13.0 Å². The molecule has 8 heteroatoms. The van der Waals surface area contributed by atoms with Gasteiger partial charge in [0.25, 0.3) is 11.6 Å². The van der Waals surface area contributed by atoms with Gasteiger partial charge in [-0.2, -0.15) is 0 Å². The van der Waals surface area contributed by atoms with E-state index in [-0.39, 0.29) is 16.5 Å². The molecule has 2 saturated heterocycles. The Bertz CT molecular complexity index is 982. The fraction of sp³-hybridized carbons (Fsp3) is 0.480. The Morgan fingerprint density at radius 1 is 0.970 bits per heavy atom. The van der Waals surface area contributed by atoms with Gasteiger partial charge in [-0.15, -0.1) is 0 Å². The van der Waals surface area contributed by atoms with E-state index in [0.717, 1.165) is 43.8 Å². The minimum Gasteiger partial charge on any atom is -0.494 e. The first-order valence-electron chi connectivity index (χ1n) is 11.9. The van der Waals surface area contributed by atoms with Crippen LogP contribution >= 0.6 is 0 Å². The zero-order valence-electron chi connectivity index (χ0n) is 19.2. The molecule has 0 spiro atoms. The zero-order valence-corrected chi connectivity index (χ0v) is 19.2. The summed E-state index contributed by atoms with van der Waals surface area (Å²) in [6.07, 6.45) is 4.22. The van der Waals surface area contributed by atoms with Crippen LogP contribution in [0.1, 0.15) is 43.0 Å². The summed E-state index contributed by atoms with van der Waals surface area (Å²) in [5.41, 5.74) is 2.49. The smallest absolute Gasteiger partial charge is 0.292 e. The van der Waals surface area contributed by atoms with Crippen molar-refractivity contribution in [1.82, 2.24) is 4.90 Å². The average Bonchev–Trinajstić information content (AvgIpc) is 2.87. The summed E-state index contributed by atoms with van der Waals surface area (Å²) in [7, 11) is 0.